The molecule has 1 fully saturated rings. The molecule has 3 aromatic rings. The first-order valence-corrected chi connectivity index (χ1v) is 13.8. The number of piperidine rings is 1. The van der Waals surface area contributed by atoms with Crippen LogP contribution in [-0.2, 0) is 17.8 Å². The van der Waals surface area contributed by atoms with E-state index in [1.165, 1.54) is 5.56 Å². The molecule has 0 spiro atoms. The average molecular weight is 551 g/mol. The minimum atomic E-state index is -0.803. The molecular formula is C30H31ClN2O6. The van der Waals surface area contributed by atoms with Gasteiger partial charge in [-0.15, -0.1) is 0 Å². The average Bonchev–Trinajstić information content (AvgIpc) is 3.37. The molecule has 39 heavy (non-hydrogen) atoms. The van der Waals surface area contributed by atoms with Crippen molar-refractivity contribution in [1.82, 2.24) is 9.88 Å². The van der Waals surface area contributed by atoms with Crippen LogP contribution in [0.1, 0.15) is 48.5 Å². The Morgan fingerprint density at radius 1 is 1.10 bits per heavy atom. The van der Waals surface area contributed by atoms with E-state index < -0.39 is 12.0 Å². The predicted molar refractivity (Wildman–Crippen MR) is 146 cm³/mol. The number of pyridine rings is 1. The number of aromatic nitrogens is 1. The van der Waals surface area contributed by atoms with Gasteiger partial charge in [-0.05, 0) is 72.7 Å². The first-order chi connectivity index (χ1) is 19.0. The standard InChI is InChI=1S/C30H31ClN2O6/c1-36-28-19(17-33-12-3-2-7-24(33)30(34)35)15-23(31)29(32-28)39-25-11-9-21-20(5-4-6-22(21)25)18-8-10-26-27(16-18)38-14-13-37-26/h4-6,8,10,15-16,24-25H,2-3,7,9,11-14,17H2,1H3,(H,34,35)/t24-,25-/m0/s1. The second-order valence-electron chi connectivity index (χ2n) is 10.1. The third kappa shape index (κ3) is 5.11. The molecule has 1 aliphatic carbocycles. The highest BCUT2D eigenvalue weighted by atomic mass is 35.5. The molecule has 1 saturated heterocycles. The summed E-state index contributed by atoms with van der Waals surface area (Å²) in [5.74, 6) is 1.45. The van der Waals surface area contributed by atoms with E-state index in [1.807, 2.05) is 23.1 Å². The summed E-state index contributed by atoms with van der Waals surface area (Å²) < 4.78 is 23.5. The van der Waals surface area contributed by atoms with Crippen LogP contribution >= 0.6 is 11.6 Å². The van der Waals surface area contributed by atoms with Crippen LogP contribution in [0.3, 0.4) is 0 Å². The summed E-state index contributed by atoms with van der Waals surface area (Å²) in [4.78, 5) is 18.3. The number of fused-ring (bicyclic) bond motifs is 2. The molecule has 1 N–H and O–H groups in total. The number of rotatable bonds is 7. The molecule has 0 saturated carbocycles. The van der Waals surface area contributed by atoms with Crippen LogP contribution in [0, 0.1) is 0 Å². The number of aliphatic carboxylic acids is 1. The van der Waals surface area contributed by atoms with Gasteiger partial charge in [0.1, 0.15) is 30.4 Å². The van der Waals surface area contributed by atoms with Gasteiger partial charge in [-0.2, -0.15) is 4.98 Å². The zero-order valence-corrected chi connectivity index (χ0v) is 22.6. The van der Waals surface area contributed by atoms with Crippen LogP contribution in [0.25, 0.3) is 11.1 Å². The summed E-state index contributed by atoms with van der Waals surface area (Å²) in [7, 11) is 1.55. The molecule has 3 heterocycles. The number of carbonyl (C=O) groups is 1. The minimum Gasteiger partial charge on any atom is -0.486 e. The predicted octanol–water partition coefficient (Wildman–Crippen LogP) is 5.69. The maximum atomic E-state index is 11.8. The molecule has 2 aromatic carbocycles. The number of hydrogen-bond donors (Lipinski definition) is 1. The summed E-state index contributed by atoms with van der Waals surface area (Å²) in [5.41, 5.74) is 5.33. The highest BCUT2D eigenvalue weighted by Gasteiger charge is 2.31. The molecule has 2 atom stereocenters. The van der Waals surface area contributed by atoms with Crippen LogP contribution in [0.4, 0.5) is 0 Å². The lowest BCUT2D eigenvalue weighted by atomic mass is 9.96. The Kier molecular flexibility index (Phi) is 7.23. The van der Waals surface area contributed by atoms with E-state index in [0.29, 0.717) is 49.5 Å². The van der Waals surface area contributed by atoms with E-state index in [4.69, 9.17) is 30.5 Å². The molecule has 1 aromatic heterocycles. The first kappa shape index (κ1) is 25.8. The SMILES string of the molecule is COc1nc(O[C@H]2CCc3c(-c4ccc5c(c4)OCCO5)cccc32)c(Cl)cc1CN1CCCC[C@H]1C(=O)O. The number of carboxylic acid groups (broad SMARTS) is 1. The Labute approximate surface area is 232 Å². The Morgan fingerprint density at radius 3 is 2.77 bits per heavy atom. The fraction of sp³-hybridized carbons (Fsp3) is 0.400. The van der Waals surface area contributed by atoms with Crippen LogP contribution in [0.5, 0.6) is 23.3 Å². The smallest absolute Gasteiger partial charge is 0.320 e. The van der Waals surface area contributed by atoms with Crippen molar-refractivity contribution in [3.8, 4) is 34.4 Å². The number of benzene rings is 2. The Hall–Kier alpha value is -3.49. The van der Waals surface area contributed by atoms with E-state index >= 15 is 0 Å². The van der Waals surface area contributed by atoms with Crippen molar-refractivity contribution in [2.24, 2.45) is 0 Å². The van der Waals surface area contributed by atoms with Gasteiger partial charge in [-0.3, -0.25) is 9.69 Å². The van der Waals surface area contributed by atoms with Crippen LogP contribution in [0.15, 0.2) is 42.5 Å². The molecule has 9 heteroatoms. The minimum absolute atomic E-state index is 0.198. The van der Waals surface area contributed by atoms with E-state index in [0.717, 1.165) is 59.4 Å². The summed E-state index contributed by atoms with van der Waals surface area (Å²) in [6, 6.07) is 13.6. The molecular weight excluding hydrogens is 520 g/mol. The van der Waals surface area contributed by atoms with Gasteiger partial charge in [0.25, 0.3) is 0 Å². The van der Waals surface area contributed by atoms with Gasteiger partial charge in [0.05, 0.1) is 7.11 Å². The number of carboxylic acids is 1. The lowest BCUT2D eigenvalue weighted by Crippen LogP contribution is -2.44. The van der Waals surface area contributed by atoms with Gasteiger partial charge < -0.3 is 24.1 Å². The molecule has 0 radical (unpaired) electrons. The summed E-state index contributed by atoms with van der Waals surface area (Å²) in [5, 5.41) is 10.0. The third-order valence-corrected chi connectivity index (χ3v) is 8.04. The monoisotopic (exact) mass is 550 g/mol. The second kappa shape index (κ2) is 10.9. The number of ether oxygens (including phenoxy) is 4. The second-order valence-corrected chi connectivity index (χ2v) is 10.5. The zero-order chi connectivity index (χ0) is 26.9. The molecule has 0 amide bonds. The maximum absolute atomic E-state index is 11.8. The van der Waals surface area contributed by atoms with Crippen LogP contribution < -0.4 is 18.9 Å². The van der Waals surface area contributed by atoms with Crippen molar-refractivity contribution < 1.29 is 28.8 Å². The molecule has 8 nitrogen and oxygen atoms in total. The van der Waals surface area contributed by atoms with Crippen molar-refractivity contribution in [2.45, 2.75) is 50.8 Å². The Bertz CT molecular complexity index is 1400. The first-order valence-electron chi connectivity index (χ1n) is 13.4. The number of hydrogen-bond acceptors (Lipinski definition) is 7. The van der Waals surface area contributed by atoms with Gasteiger partial charge in [0.15, 0.2) is 11.5 Å². The van der Waals surface area contributed by atoms with E-state index in [2.05, 4.69) is 23.2 Å². The number of likely N-dealkylation sites (tertiary alicyclic amines) is 1. The summed E-state index contributed by atoms with van der Waals surface area (Å²) in [6.07, 6.45) is 3.97. The highest BCUT2D eigenvalue weighted by Crippen LogP contribution is 2.43. The maximum Gasteiger partial charge on any atom is 0.320 e. The summed E-state index contributed by atoms with van der Waals surface area (Å²) in [6.45, 7) is 2.22. The van der Waals surface area contributed by atoms with Gasteiger partial charge in [-0.1, -0.05) is 42.3 Å². The quantitative estimate of drug-likeness (QED) is 0.401. The molecule has 204 valence electrons. The lowest BCUT2D eigenvalue weighted by Gasteiger charge is -2.33. The Morgan fingerprint density at radius 2 is 1.95 bits per heavy atom. The van der Waals surface area contributed by atoms with Crippen molar-refractivity contribution in [2.75, 3.05) is 26.9 Å². The third-order valence-electron chi connectivity index (χ3n) is 7.77. The van der Waals surface area contributed by atoms with Crippen molar-refractivity contribution in [1.29, 1.82) is 0 Å². The van der Waals surface area contributed by atoms with Crippen LogP contribution in [-0.4, -0.2) is 53.9 Å². The van der Waals surface area contributed by atoms with E-state index in [1.54, 1.807) is 13.2 Å². The van der Waals surface area contributed by atoms with Crippen molar-refractivity contribution in [3.63, 3.8) is 0 Å². The lowest BCUT2D eigenvalue weighted by molar-refractivity contribution is -0.144. The number of methoxy groups -OCH3 is 1. The summed E-state index contributed by atoms with van der Waals surface area (Å²) >= 11 is 6.67. The van der Waals surface area contributed by atoms with Gasteiger partial charge in [0.2, 0.25) is 11.8 Å². The van der Waals surface area contributed by atoms with E-state index in [-0.39, 0.29) is 6.10 Å². The Balaban J connectivity index is 1.24. The fourth-order valence-corrected chi connectivity index (χ4v) is 6.12. The van der Waals surface area contributed by atoms with Gasteiger partial charge in [-0.25, -0.2) is 0 Å². The normalized spacial score (nSPS) is 20.4. The van der Waals surface area contributed by atoms with Crippen LogP contribution in [0.2, 0.25) is 5.02 Å². The van der Waals surface area contributed by atoms with Crippen molar-refractivity contribution >= 4 is 17.6 Å². The molecule has 0 bridgehead atoms. The molecule has 0 unspecified atom stereocenters. The highest BCUT2D eigenvalue weighted by molar-refractivity contribution is 6.31. The van der Waals surface area contributed by atoms with Gasteiger partial charge >= 0.3 is 5.97 Å². The molecule has 3 aliphatic rings. The molecule has 2 aliphatic heterocycles. The fourth-order valence-electron chi connectivity index (χ4n) is 5.90. The van der Waals surface area contributed by atoms with Gasteiger partial charge in [0, 0.05) is 12.1 Å². The number of nitrogens with zero attached hydrogens (tertiary/aromatic N) is 2. The topological polar surface area (TPSA) is 90.4 Å². The number of halogens is 1. The molecule has 6 rings (SSSR count). The van der Waals surface area contributed by atoms with Crippen molar-refractivity contribution in [3.05, 3.63) is 64.2 Å². The zero-order valence-electron chi connectivity index (χ0n) is 21.8. The largest absolute Gasteiger partial charge is 0.486 e. The van der Waals surface area contributed by atoms with E-state index in [9.17, 15) is 9.90 Å².